The van der Waals surface area contributed by atoms with Crippen molar-refractivity contribution in [1.82, 2.24) is 0 Å². The third-order valence-corrected chi connectivity index (χ3v) is 14.4. The van der Waals surface area contributed by atoms with E-state index in [0.29, 0.717) is 0 Å². The zero-order valence-corrected chi connectivity index (χ0v) is 18.1. The van der Waals surface area contributed by atoms with E-state index in [-0.39, 0.29) is 0 Å². The molecule has 0 rings (SSSR count). The van der Waals surface area contributed by atoms with Gasteiger partial charge in [-0.15, -0.1) is 0 Å². The van der Waals surface area contributed by atoms with Crippen molar-refractivity contribution in [3.05, 3.63) is 0 Å². The van der Waals surface area contributed by atoms with E-state index in [1.54, 1.807) is 0 Å². The van der Waals surface area contributed by atoms with Crippen LogP contribution >= 0.6 is 113 Å². The minimum atomic E-state index is 0.809. The highest BCUT2D eigenvalue weighted by molar-refractivity contribution is 14.1. The van der Waals surface area contributed by atoms with Gasteiger partial charge in [-0.05, 0) is 6.42 Å². The highest BCUT2D eigenvalue weighted by Gasteiger charge is 2.27. The van der Waals surface area contributed by atoms with Crippen molar-refractivity contribution in [1.29, 1.82) is 0 Å². The van der Waals surface area contributed by atoms with E-state index in [9.17, 15) is 0 Å². The average molecular weight is 744 g/mol. The van der Waals surface area contributed by atoms with E-state index in [4.69, 9.17) is 0 Å². The lowest BCUT2D eigenvalue weighted by atomic mass is 10.1. The minimum absolute atomic E-state index is 0.809. The van der Waals surface area contributed by atoms with Gasteiger partial charge in [0.25, 0.3) is 0 Å². The van der Waals surface area contributed by atoms with Gasteiger partial charge in [-0.1, -0.05) is 126 Å². The summed E-state index contributed by atoms with van der Waals surface area (Å²) >= 11 is 12.9. The van der Waals surface area contributed by atoms with Crippen LogP contribution in [0.3, 0.4) is 0 Å². The molecule has 0 aliphatic carbocycles. The third-order valence-electron chi connectivity index (χ3n) is 1.71. The molecular formula is C8H13I5. The highest BCUT2D eigenvalue weighted by Crippen LogP contribution is 2.32. The second-order valence-electron chi connectivity index (χ2n) is 2.86. The van der Waals surface area contributed by atoms with Crippen molar-refractivity contribution in [3.8, 4) is 0 Å². The highest BCUT2D eigenvalue weighted by atomic mass is 127. The molecule has 0 aliphatic heterocycles. The molecule has 0 N–H and O–H groups in total. The van der Waals surface area contributed by atoms with Gasteiger partial charge < -0.3 is 0 Å². The normalized spacial score (nSPS) is 20.8. The Labute approximate surface area is 150 Å². The van der Waals surface area contributed by atoms with Crippen LogP contribution in [0.5, 0.6) is 0 Å². The van der Waals surface area contributed by atoms with E-state index in [1.165, 1.54) is 17.3 Å². The van der Waals surface area contributed by atoms with Gasteiger partial charge in [0, 0.05) is 20.1 Å². The minimum Gasteiger partial charge on any atom is -0.0852 e. The smallest absolute Gasteiger partial charge is 0.0363 e. The van der Waals surface area contributed by atoms with Crippen LogP contribution in [0.2, 0.25) is 0 Å². The molecule has 0 aromatic carbocycles. The Morgan fingerprint density at radius 2 is 1.38 bits per heavy atom. The summed E-state index contributed by atoms with van der Waals surface area (Å²) in [4.78, 5) is 0. The quantitative estimate of drug-likeness (QED) is 0.252. The molecule has 0 spiro atoms. The van der Waals surface area contributed by atoms with Gasteiger partial charge in [-0.25, -0.2) is 0 Å². The van der Waals surface area contributed by atoms with Crippen molar-refractivity contribution in [2.75, 3.05) is 4.43 Å². The predicted molar refractivity (Wildman–Crippen MR) is 105 cm³/mol. The number of rotatable bonds is 6. The van der Waals surface area contributed by atoms with Crippen molar-refractivity contribution >= 4 is 113 Å². The van der Waals surface area contributed by atoms with Crippen LogP contribution in [-0.4, -0.2) is 20.1 Å². The van der Waals surface area contributed by atoms with Crippen LogP contribution < -0.4 is 0 Å². The van der Waals surface area contributed by atoms with Gasteiger partial charge in [0.1, 0.15) is 0 Å². The second-order valence-corrected chi connectivity index (χ2v) is 9.82. The monoisotopic (exact) mass is 744 g/mol. The molecule has 0 saturated carbocycles. The molecule has 0 amide bonds. The van der Waals surface area contributed by atoms with Gasteiger partial charge >= 0.3 is 0 Å². The molecule has 0 aliphatic rings. The van der Waals surface area contributed by atoms with Gasteiger partial charge in [0.05, 0.1) is 0 Å². The van der Waals surface area contributed by atoms with Crippen LogP contribution in [0.1, 0.15) is 19.8 Å². The molecule has 5 heteroatoms. The first-order chi connectivity index (χ1) is 6.04. The van der Waals surface area contributed by atoms with Crippen molar-refractivity contribution in [2.45, 2.75) is 35.5 Å². The largest absolute Gasteiger partial charge is 0.0852 e. The lowest BCUT2D eigenvalue weighted by Crippen LogP contribution is -2.31. The molecule has 4 atom stereocenters. The molecular weight excluding hydrogens is 731 g/mol. The average Bonchev–Trinajstić information content (AvgIpc) is 2.14. The van der Waals surface area contributed by atoms with E-state index in [1.807, 2.05) is 0 Å². The zero-order chi connectivity index (χ0) is 10.4. The molecule has 0 radical (unpaired) electrons. The summed E-state index contributed by atoms with van der Waals surface area (Å²) < 4.78 is 4.54. The molecule has 0 aromatic heterocycles. The fraction of sp³-hybridized carbons (Fsp3) is 1.00. The predicted octanol–water partition coefficient (Wildman–Crippen LogP) is 5.44. The van der Waals surface area contributed by atoms with Crippen LogP contribution in [-0.2, 0) is 0 Å². The molecule has 0 bridgehead atoms. The molecule has 0 nitrogen and oxygen atoms in total. The molecule has 0 aromatic rings. The van der Waals surface area contributed by atoms with Crippen LogP contribution in [0.15, 0.2) is 0 Å². The fourth-order valence-corrected chi connectivity index (χ4v) is 7.16. The van der Waals surface area contributed by atoms with Crippen LogP contribution in [0.4, 0.5) is 0 Å². The fourth-order valence-electron chi connectivity index (χ4n) is 0.919. The first-order valence-corrected chi connectivity index (χ1v) is 10.7. The second kappa shape index (κ2) is 9.66. The number of hydrogen-bond acceptors (Lipinski definition) is 0. The van der Waals surface area contributed by atoms with Gasteiger partial charge in [0.15, 0.2) is 0 Å². The van der Waals surface area contributed by atoms with Gasteiger partial charge in [-0.3, -0.25) is 0 Å². The van der Waals surface area contributed by atoms with E-state index in [2.05, 4.69) is 120 Å². The number of alkyl halides is 5. The Balaban J connectivity index is 3.99. The van der Waals surface area contributed by atoms with Crippen molar-refractivity contribution in [2.24, 2.45) is 0 Å². The van der Waals surface area contributed by atoms with E-state index >= 15 is 0 Å². The molecule has 0 heterocycles. The van der Waals surface area contributed by atoms with Gasteiger partial charge in [-0.2, -0.15) is 0 Å². The summed E-state index contributed by atoms with van der Waals surface area (Å²) in [5, 5.41) is 0. The standard InChI is InChI=1S/C8H13I5/c1-2-3-5(10)7(12)8(13)6(11)4-9/h5-8H,2-4H2,1H3. The number of hydrogen-bond donors (Lipinski definition) is 0. The van der Waals surface area contributed by atoms with Crippen molar-refractivity contribution < 1.29 is 0 Å². The molecule has 4 unspecified atom stereocenters. The lowest BCUT2D eigenvalue weighted by molar-refractivity contribution is 0.723. The molecule has 0 saturated heterocycles. The van der Waals surface area contributed by atoms with Crippen molar-refractivity contribution in [3.63, 3.8) is 0 Å². The Bertz CT molecular complexity index is 130. The zero-order valence-electron chi connectivity index (χ0n) is 7.32. The Hall–Kier alpha value is 3.65. The van der Waals surface area contributed by atoms with E-state index in [0.717, 1.165) is 15.7 Å². The summed E-state index contributed by atoms with van der Waals surface area (Å²) in [6.07, 6.45) is 2.67. The maximum atomic E-state index is 2.63. The summed E-state index contributed by atoms with van der Waals surface area (Å²) in [6, 6.07) is 0. The first-order valence-electron chi connectivity index (χ1n) is 4.16. The topological polar surface area (TPSA) is 0 Å². The van der Waals surface area contributed by atoms with Crippen LogP contribution in [0, 0.1) is 0 Å². The maximum Gasteiger partial charge on any atom is 0.0363 e. The summed E-state index contributed by atoms with van der Waals surface area (Å²) in [7, 11) is 0. The molecule has 0 fully saturated rings. The maximum absolute atomic E-state index is 2.63. The Morgan fingerprint density at radius 3 is 1.77 bits per heavy atom. The summed E-state index contributed by atoms with van der Waals surface area (Å²) in [5.41, 5.74) is 0. The molecule has 13 heavy (non-hydrogen) atoms. The Kier molecular flexibility index (Phi) is 12.4. The SMILES string of the molecule is CCCC(I)C(I)C(I)C(I)CI. The molecule has 80 valence electrons. The van der Waals surface area contributed by atoms with E-state index < -0.39 is 0 Å². The van der Waals surface area contributed by atoms with Gasteiger partial charge in [0.2, 0.25) is 0 Å². The summed E-state index contributed by atoms with van der Waals surface area (Å²) in [5.74, 6) is 0. The first kappa shape index (κ1) is 16.6. The third kappa shape index (κ3) is 6.84. The Morgan fingerprint density at radius 1 is 0.923 bits per heavy atom. The number of halogens is 5. The summed E-state index contributed by atoms with van der Waals surface area (Å²) in [6.45, 7) is 2.27. The van der Waals surface area contributed by atoms with Crippen LogP contribution in [0.25, 0.3) is 0 Å². The lowest BCUT2D eigenvalue weighted by Gasteiger charge is -2.24.